The minimum absolute atomic E-state index is 0.116. The fourth-order valence-corrected chi connectivity index (χ4v) is 4.56. The lowest BCUT2D eigenvalue weighted by Crippen LogP contribution is -2.45. The van der Waals surface area contributed by atoms with Gasteiger partial charge in [-0.3, -0.25) is 4.79 Å². The molecule has 0 bridgehead atoms. The summed E-state index contributed by atoms with van der Waals surface area (Å²) in [6.07, 6.45) is 1.94. The van der Waals surface area contributed by atoms with Gasteiger partial charge in [-0.25, -0.2) is 0 Å². The molecule has 2 aromatic rings. The maximum atomic E-state index is 12.3. The average Bonchev–Trinajstić information content (AvgIpc) is 2.68. The second kappa shape index (κ2) is 9.51. The monoisotopic (exact) mass is 448 g/mol. The number of nitrogens with one attached hydrogen (secondary N) is 1. The number of hydrogen-bond acceptors (Lipinski definition) is 4. The van der Waals surface area contributed by atoms with Crippen molar-refractivity contribution in [3.63, 3.8) is 0 Å². The molecule has 0 radical (unpaired) electrons. The molecule has 6 heteroatoms. The third-order valence-corrected chi connectivity index (χ3v) is 6.46. The molecular weight excluding hydrogens is 424 g/mol. The van der Waals surface area contributed by atoms with Crippen LogP contribution in [-0.4, -0.2) is 37.9 Å². The molecule has 2 aromatic carbocycles. The predicted octanol–water partition coefficient (Wildman–Crippen LogP) is 4.64. The molecule has 1 fully saturated rings. The van der Waals surface area contributed by atoms with Crippen LogP contribution in [0.5, 0.6) is 5.75 Å². The number of rotatable bonds is 6. The number of amides is 1. The largest absolute Gasteiger partial charge is 0.497 e. The Labute approximate surface area is 173 Å². The highest BCUT2D eigenvalue weighted by Gasteiger charge is 2.21. The Morgan fingerprint density at radius 3 is 2.56 bits per heavy atom. The van der Waals surface area contributed by atoms with Crippen molar-refractivity contribution in [2.45, 2.75) is 30.7 Å². The Kier molecular flexibility index (Phi) is 7.07. The first-order chi connectivity index (χ1) is 13.0. The van der Waals surface area contributed by atoms with Crippen molar-refractivity contribution in [1.82, 2.24) is 5.32 Å². The second-order valence-corrected chi connectivity index (χ2v) is 8.66. The molecule has 3 rings (SSSR count). The molecule has 27 heavy (non-hydrogen) atoms. The van der Waals surface area contributed by atoms with E-state index >= 15 is 0 Å². The first-order valence-corrected chi connectivity index (χ1v) is 10.9. The van der Waals surface area contributed by atoms with Gasteiger partial charge >= 0.3 is 0 Å². The van der Waals surface area contributed by atoms with Gasteiger partial charge in [0, 0.05) is 34.2 Å². The number of piperidine rings is 1. The van der Waals surface area contributed by atoms with Crippen LogP contribution in [0.15, 0.2) is 51.8 Å². The zero-order chi connectivity index (χ0) is 19.2. The summed E-state index contributed by atoms with van der Waals surface area (Å²) in [7, 11) is 1.68. The zero-order valence-corrected chi connectivity index (χ0v) is 18.1. The number of ether oxygens (including phenoxy) is 1. The second-order valence-electron chi connectivity index (χ2n) is 6.73. The van der Waals surface area contributed by atoms with Crippen LogP contribution in [0.4, 0.5) is 5.69 Å². The van der Waals surface area contributed by atoms with Gasteiger partial charge in [0.05, 0.1) is 12.9 Å². The van der Waals surface area contributed by atoms with Gasteiger partial charge < -0.3 is 15.0 Å². The fraction of sp³-hybridized carbons (Fsp3) is 0.381. The topological polar surface area (TPSA) is 41.6 Å². The Balaban J connectivity index is 1.43. The highest BCUT2D eigenvalue weighted by molar-refractivity contribution is 9.10. The predicted molar refractivity (Wildman–Crippen MR) is 116 cm³/mol. The number of halogens is 1. The standard InChI is InChI=1S/C21H25BrN2O2S/c1-15-13-16(22)3-8-20(15)27-14-21(25)23-17-9-11-24(12-10-17)18-4-6-19(26-2)7-5-18/h3-8,13,17H,9-12,14H2,1-2H3,(H,23,25). The Morgan fingerprint density at radius 2 is 1.93 bits per heavy atom. The van der Waals surface area contributed by atoms with Crippen molar-refractivity contribution in [1.29, 1.82) is 0 Å². The van der Waals surface area contributed by atoms with Crippen LogP contribution in [-0.2, 0) is 4.79 Å². The molecule has 0 unspecified atom stereocenters. The van der Waals surface area contributed by atoms with Crippen LogP contribution in [0.25, 0.3) is 0 Å². The van der Waals surface area contributed by atoms with E-state index < -0.39 is 0 Å². The smallest absolute Gasteiger partial charge is 0.230 e. The SMILES string of the molecule is COc1ccc(N2CCC(NC(=O)CSc3ccc(Br)cc3C)CC2)cc1. The van der Waals surface area contributed by atoms with E-state index in [-0.39, 0.29) is 11.9 Å². The number of hydrogen-bond donors (Lipinski definition) is 1. The maximum absolute atomic E-state index is 12.3. The van der Waals surface area contributed by atoms with E-state index in [9.17, 15) is 4.79 Å². The van der Waals surface area contributed by atoms with Gasteiger partial charge in [0.1, 0.15) is 5.75 Å². The lowest BCUT2D eigenvalue weighted by molar-refractivity contribution is -0.119. The number of anilines is 1. The van der Waals surface area contributed by atoms with Crippen LogP contribution in [0.3, 0.4) is 0 Å². The average molecular weight is 449 g/mol. The maximum Gasteiger partial charge on any atom is 0.230 e. The summed E-state index contributed by atoms with van der Waals surface area (Å²) >= 11 is 5.07. The van der Waals surface area contributed by atoms with Crippen molar-refractivity contribution < 1.29 is 9.53 Å². The molecular formula is C21H25BrN2O2S. The van der Waals surface area contributed by atoms with E-state index in [0.717, 1.165) is 41.0 Å². The third kappa shape index (κ3) is 5.66. The normalized spacial score (nSPS) is 14.9. The zero-order valence-electron chi connectivity index (χ0n) is 15.7. The summed E-state index contributed by atoms with van der Waals surface area (Å²) < 4.78 is 6.28. The van der Waals surface area contributed by atoms with E-state index in [1.54, 1.807) is 18.9 Å². The number of carbonyl (C=O) groups is 1. The van der Waals surface area contributed by atoms with Gasteiger partial charge in [-0.05, 0) is 67.8 Å². The Hall–Kier alpha value is -1.66. The Bertz CT molecular complexity index is 774. The van der Waals surface area contributed by atoms with E-state index in [1.165, 1.54) is 11.3 Å². The first-order valence-electron chi connectivity index (χ1n) is 9.12. The van der Waals surface area contributed by atoms with Crippen molar-refractivity contribution in [3.8, 4) is 5.75 Å². The van der Waals surface area contributed by atoms with Gasteiger partial charge in [0.2, 0.25) is 5.91 Å². The molecule has 1 aliphatic heterocycles. The van der Waals surface area contributed by atoms with Gasteiger partial charge in [-0.1, -0.05) is 15.9 Å². The Morgan fingerprint density at radius 1 is 1.22 bits per heavy atom. The lowest BCUT2D eigenvalue weighted by atomic mass is 10.0. The van der Waals surface area contributed by atoms with E-state index in [4.69, 9.17) is 4.74 Å². The van der Waals surface area contributed by atoms with E-state index in [0.29, 0.717) is 5.75 Å². The van der Waals surface area contributed by atoms with Crippen LogP contribution >= 0.6 is 27.7 Å². The molecule has 0 atom stereocenters. The van der Waals surface area contributed by atoms with Gasteiger partial charge in [-0.2, -0.15) is 0 Å². The first kappa shape index (κ1) is 20.1. The summed E-state index contributed by atoms with van der Waals surface area (Å²) in [5, 5.41) is 3.19. The number of aryl methyl sites for hydroxylation is 1. The molecule has 0 spiro atoms. The molecule has 1 amide bonds. The number of methoxy groups -OCH3 is 1. The molecule has 1 N–H and O–H groups in total. The third-order valence-electron chi connectivity index (χ3n) is 4.79. The van der Waals surface area contributed by atoms with Crippen molar-refractivity contribution in [3.05, 3.63) is 52.5 Å². The summed E-state index contributed by atoms with van der Waals surface area (Å²) in [5.74, 6) is 1.45. The minimum Gasteiger partial charge on any atom is -0.497 e. The van der Waals surface area contributed by atoms with Crippen LogP contribution < -0.4 is 15.0 Å². The van der Waals surface area contributed by atoms with Gasteiger partial charge in [0.25, 0.3) is 0 Å². The highest BCUT2D eigenvalue weighted by Crippen LogP contribution is 2.26. The van der Waals surface area contributed by atoms with E-state index in [1.807, 2.05) is 18.2 Å². The number of benzene rings is 2. The molecule has 0 saturated carbocycles. The summed E-state index contributed by atoms with van der Waals surface area (Å²) in [6, 6.07) is 14.6. The quantitative estimate of drug-likeness (QED) is 0.653. The molecule has 144 valence electrons. The molecule has 1 heterocycles. The highest BCUT2D eigenvalue weighted by atomic mass is 79.9. The number of thioether (sulfide) groups is 1. The summed E-state index contributed by atoms with van der Waals surface area (Å²) in [5.41, 5.74) is 2.40. The summed E-state index contributed by atoms with van der Waals surface area (Å²) in [4.78, 5) is 15.8. The van der Waals surface area contributed by atoms with Gasteiger partial charge in [-0.15, -0.1) is 11.8 Å². The van der Waals surface area contributed by atoms with Crippen LogP contribution in [0.1, 0.15) is 18.4 Å². The van der Waals surface area contributed by atoms with Crippen molar-refractivity contribution in [2.75, 3.05) is 30.9 Å². The van der Waals surface area contributed by atoms with Crippen molar-refractivity contribution >= 4 is 39.3 Å². The molecule has 0 aromatic heterocycles. The molecule has 1 saturated heterocycles. The van der Waals surface area contributed by atoms with E-state index in [2.05, 4.69) is 57.3 Å². The van der Waals surface area contributed by atoms with Crippen LogP contribution in [0, 0.1) is 6.92 Å². The van der Waals surface area contributed by atoms with Crippen molar-refractivity contribution in [2.24, 2.45) is 0 Å². The number of carbonyl (C=O) groups excluding carboxylic acids is 1. The molecule has 0 aliphatic carbocycles. The molecule has 4 nitrogen and oxygen atoms in total. The fourth-order valence-electron chi connectivity index (χ4n) is 3.26. The number of nitrogens with zero attached hydrogens (tertiary/aromatic N) is 1. The van der Waals surface area contributed by atoms with Crippen LogP contribution in [0.2, 0.25) is 0 Å². The lowest BCUT2D eigenvalue weighted by Gasteiger charge is -2.34. The minimum atomic E-state index is 0.116. The molecule has 1 aliphatic rings. The van der Waals surface area contributed by atoms with Gasteiger partial charge in [0.15, 0.2) is 0 Å². The summed E-state index contributed by atoms with van der Waals surface area (Å²) in [6.45, 7) is 3.98.